The van der Waals surface area contributed by atoms with Crippen LogP contribution < -0.4 is 5.32 Å². The number of aromatic nitrogens is 1. The Bertz CT molecular complexity index is 531. The quantitative estimate of drug-likeness (QED) is 0.917. The molecule has 1 aromatic carbocycles. The SMILES string of the molecule is CC(=O)Nc1nc(CCc2ccc(C)cc2)cs1. The molecule has 0 aliphatic carbocycles. The number of hydrogen-bond acceptors (Lipinski definition) is 3. The summed E-state index contributed by atoms with van der Waals surface area (Å²) >= 11 is 1.47. The summed E-state index contributed by atoms with van der Waals surface area (Å²) in [4.78, 5) is 15.3. The molecule has 0 aliphatic heterocycles. The maximum absolute atomic E-state index is 10.9. The van der Waals surface area contributed by atoms with Gasteiger partial charge in [0.25, 0.3) is 0 Å². The molecule has 0 atom stereocenters. The summed E-state index contributed by atoms with van der Waals surface area (Å²) in [6.45, 7) is 3.58. The number of amides is 1. The van der Waals surface area contributed by atoms with E-state index in [9.17, 15) is 4.79 Å². The van der Waals surface area contributed by atoms with Crippen LogP contribution >= 0.6 is 11.3 Å². The highest BCUT2D eigenvalue weighted by atomic mass is 32.1. The van der Waals surface area contributed by atoms with Crippen molar-refractivity contribution in [2.45, 2.75) is 26.7 Å². The average molecular weight is 260 g/mol. The molecule has 0 fully saturated rings. The highest BCUT2D eigenvalue weighted by molar-refractivity contribution is 7.13. The number of hydrogen-bond donors (Lipinski definition) is 1. The van der Waals surface area contributed by atoms with Gasteiger partial charge in [0.1, 0.15) is 0 Å². The van der Waals surface area contributed by atoms with Crippen LogP contribution in [0.15, 0.2) is 29.6 Å². The number of carbonyl (C=O) groups is 1. The van der Waals surface area contributed by atoms with E-state index in [-0.39, 0.29) is 5.91 Å². The Kier molecular flexibility index (Phi) is 4.10. The highest BCUT2D eigenvalue weighted by Gasteiger charge is 2.03. The summed E-state index contributed by atoms with van der Waals surface area (Å²) in [6.07, 6.45) is 1.88. The number of thiazole rings is 1. The number of benzene rings is 1. The third-order valence-electron chi connectivity index (χ3n) is 2.63. The fourth-order valence-corrected chi connectivity index (χ4v) is 2.45. The molecular weight excluding hydrogens is 244 g/mol. The van der Waals surface area contributed by atoms with E-state index < -0.39 is 0 Å². The Labute approximate surface area is 111 Å². The molecule has 2 aromatic rings. The van der Waals surface area contributed by atoms with E-state index in [0.717, 1.165) is 18.5 Å². The van der Waals surface area contributed by atoms with Gasteiger partial charge in [-0.15, -0.1) is 11.3 Å². The zero-order valence-electron chi connectivity index (χ0n) is 10.6. The smallest absolute Gasteiger partial charge is 0.223 e. The molecule has 1 N–H and O–H groups in total. The summed E-state index contributed by atoms with van der Waals surface area (Å²) in [6, 6.07) is 8.55. The molecule has 0 spiro atoms. The van der Waals surface area contributed by atoms with Gasteiger partial charge in [0.15, 0.2) is 5.13 Å². The zero-order chi connectivity index (χ0) is 13.0. The fraction of sp³-hybridized carbons (Fsp3) is 0.286. The van der Waals surface area contributed by atoms with Gasteiger partial charge >= 0.3 is 0 Å². The predicted octanol–water partition coefficient (Wildman–Crippen LogP) is 3.20. The monoisotopic (exact) mass is 260 g/mol. The highest BCUT2D eigenvalue weighted by Crippen LogP contribution is 2.17. The molecule has 0 unspecified atom stereocenters. The molecule has 0 saturated carbocycles. The van der Waals surface area contributed by atoms with Crippen molar-refractivity contribution in [3.63, 3.8) is 0 Å². The summed E-state index contributed by atoms with van der Waals surface area (Å²) in [5, 5.41) is 5.38. The first-order chi connectivity index (χ1) is 8.63. The Morgan fingerprint density at radius 1 is 1.28 bits per heavy atom. The van der Waals surface area contributed by atoms with Gasteiger partial charge in [-0.05, 0) is 25.3 Å². The zero-order valence-corrected chi connectivity index (χ0v) is 11.4. The number of nitrogens with zero attached hydrogens (tertiary/aromatic N) is 1. The molecule has 1 aromatic heterocycles. The van der Waals surface area contributed by atoms with Crippen LogP contribution in [0.4, 0.5) is 5.13 Å². The minimum Gasteiger partial charge on any atom is -0.302 e. The molecule has 0 bridgehead atoms. The van der Waals surface area contributed by atoms with E-state index in [1.165, 1.54) is 29.4 Å². The second kappa shape index (κ2) is 5.78. The Morgan fingerprint density at radius 2 is 2.00 bits per heavy atom. The van der Waals surface area contributed by atoms with E-state index >= 15 is 0 Å². The molecule has 1 heterocycles. The lowest BCUT2D eigenvalue weighted by Crippen LogP contribution is -2.05. The van der Waals surface area contributed by atoms with Crippen molar-refractivity contribution in [1.29, 1.82) is 0 Å². The van der Waals surface area contributed by atoms with Crippen LogP contribution in [0.25, 0.3) is 0 Å². The largest absolute Gasteiger partial charge is 0.302 e. The van der Waals surface area contributed by atoms with Crippen LogP contribution in [0.2, 0.25) is 0 Å². The van der Waals surface area contributed by atoms with E-state index in [0.29, 0.717) is 5.13 Å². The fourth-order valence-electron chi connectivity index (χ4n) is 1.66. The van der Waals surface area contributed by atoms with Crippen LogP contribution in [0.3, 0.4) is 0 Å². The van der Waals surface area contributed by atoms with Crippen molar-refractivity contribution in [1.82, 2.24) is 4.98 Å². The maximum atomic E-state index is 10.9. The van der Waals surface area contributed by atoms with Crippen LogP contribution in [0.5, 0.6) is 0 Å². The first-order valence-corrected chi connectivity index (χ1v) is 6.79. The Hall–Kier alpha value is -1.68. The molecule has 2 rings (SSSR count). The molecule has 1 amide bonds. The molecule has 0 aliphatic rings. The minimum absolute atomic E-state index is 0.0746. The molecule has 0 radical (unpaired) electrons. The third kappa shape index (κ3) is 3.67. The van der Waals surface area contributed by atoms with Crippen molar-refractivity contribution >= 4 is 22.4 Å². The van der Waals surface area contributed by atoms with Crippen molar-refractivity contribution in [2.75, 3.05) is 5.32 Å². The molecule has 3 nitrogen and oxygen atoms in total. The number of anilines is 1. The third-order valence-corrected chi connectivity index (χ3v) is 3.43. The summed E-state index contributed by atoms with van der Waals surface area (Å²) in [5.41, 5.74) is 3.62. The normalized spacial score (nSPS) is 10.3. The van der Waals surface area contributed by atoms with Gasteiger partial charge < -0.3 is 5.32 Å². The second-order valence-corrected chi connectivity index (χ2v) is 5.17. The van der Waals surface area contributed by atoms with E-state index in [1.54, 1.807) is 0 Å². The maximum Gasteiger partial charge on any atom is 0.223 e. The first kappa shape index (κ1) is 12.8. The molecular formula is C14H16N2OS. The van der Waals surface area contributed by atoms with Gasteiger partial charge in [-0.3, -0.25) is 4.79 Å². The summed E-state index contributed by atoms with van der Waals surface area (Å²) < 4.78 is 0. The van der Waals surface area contributed by atoms with Crippen LogP contribution in [-0.2, 0) is 17.6 Å². The van der Waals surface area contributed by atoms with Crippen molar-refractivity contribution < 1.29 is 4.79 Å². The molecule has 4 heteroatoms. The van der Waals surface area contributed by atoms with E-state index in [2.05, 4.69) is 41.5 Å². The van der Waals surface area contributed by atoms with Gasteiger partial charge in [0.05, 0.1) is 5.69 Å². The molecule has 0 saturated heterocycles. The summed E-state index contributed by atoms with van der Waals surface area (Å²) in [5.74, 6) is -0.0746. The minimum atomic E-state index is -0.0746. The summed E-state index contributed by atoms with van der Waals surface area (Å²) in [7, 11) is 0. The van der Waals surface area contributed by atoms with Gasteiger partial charge in [-0.2, -0.15) is 0 Å². The Morgan fingerprint density at radius 3 is 2.67 bits per heavy atom. The van der Waals surface area contributed by atoms with Gasteiger partial charge in [0.2, 0.25) is 5.91 Å². The standard InChI is InChI=1S/C14H16N2OS/c1-10-3-5-12(6-4-10)7-8-13-9-18-14(16-13)15-11(2)17/h3-6,9H,7-8H2,1-2H3,(H,15,16,17). The van der Waals surface area contributed by atoms with Gasteiger partial charge in [-0.25, -0.2) is 4.98 Å². The average Bonchev–Trinajstić information content (AvgIpc) is 2.75. The predicted molar refractivity (Wildman–Crippen MR) is 75.0 cm³/mol. The van der Waals surface area contributed by atoms with E-state index in [1.807, 2.05) is 5.38 Å². The number of nitrogens with one attached hydrogen (secondary N) is 1. The lowest BCUT2D eigenvalue weighted by atomic mass is 10.1. The number of rotatable bonds is 4. The molecule has 18 heavy (non-hydrogen) atoms. The van der Waals surface area contributed by atoms with Crippen LogP contribution in [-0.4, -0.2) is 10.9 Å². The van der Waals surface area contributed by atoms with Gasteiger partial charge in [-0.1, -0.05) is 29.8 Å². The Balaban J connectivity index is 1.92. The lowest BCUT2D eigenvalue weighted by Gasteiger charge is -2.00. The number of aryl methyl sites for hydroxylation is 3. The van der Waals surface area contributed by atoms with Crippen molar-refractivity contribution in [2.24, 2.45) is 0 Å². The van der Waals surface area contributed by atoms with Crippen molar-refractivity contribution in [3.05, 3.63) is 46.5 Å². The van der Waals surface area contributed by atoms with Gasteiger partial charge in [0, 0.05) is 12.3 Å². The first-order valence-electron chi connectivity index (χ1n) is 5.91. The van der Waals surface area contributed by atoms with Crippen molar-refractivity contribution in [3.8, 4) is 0 Å². The van der Waals surface area contributed by atoms with Crippen LogP contribution in [0.1, 0.15) is 23.7 Å². The molecule has 94 valence electrons. The number of carbonyl (C=O) groups excluding carboxylic acids is 1. The van der Waals surface area contributed by atoms with Crippen LogP contribution in [0, 0.1) is 6.92 Å². The lowest BCUT2D eigenvalue weighted by molar-refractivity contribution is -0.114. The second-order valence-electron chi connectivity index (χ2n) is 4.31. The topological polar surface area (TPSA) is 42.0 Å². The van der Waals surface area contributed by atoms with E-state index in [4.69, 9.17) is 0 Å².